The summed E-state index contributed by atoms with van der Waals surface area (Å²) in [7, 11) is 0. The van der Waals surface area contributed by atoms with Crippen LogP contribution >= 0.6 is 0 Å². The molecule has 2 heterocycles. The standard InChI is InChI=1S/C15H22N2O2/c1-15(2,3)12-8-11(9-16-10-12)14(19)17-6-4-13(18)5-7-17/h8-10,13,18H,4-7H2,1-3H3. The Morgan fingerprint density at radius 3 is 2.53 bits per heavy atom. The molecule has 104 valence electrons. The van der Waals surface area contributed by atoms with Gasteiger partial charge in [0.25, 0.3) is 5.91 Å². The molecule has 1 aliphatic rings. The van der Waals surface area contributed by atoms with E-state index in [0.717, 1.165) is 5.56 Å². The lowest BCUT2D eigenvalue weighted by Gasteiger charge is -2.30. The number of amides is 1. The lowest BCUT2D eigenvalue weighted by atomic mass is 9.87. The molecule has 1 amide bonds. The second-order valence-electron chi connectivity index (χ2n) is 6.24. The van der Waals surface area contributed by atoms with Gasteiger partial charge in [-0.1, -0.05) is 20.8 Å². The molecule has 0 bridgehead atoms. The van der Waals surface area contributed by atoms with E-state index in [1.807, 2.05) is 12.3 Å². The highest BCUT2D eigenvalue weighted by Crippen LogP contribution is 2.23. The monoisotopic (exact) mass is 262 g/mol. The molecule has 19 heavy (non-hydrogen) atoms. The van der Waals surface area contributed by atoms with Gasteiger partial charge in [-0.25, -0.2) is 0 Å². The molecule has 4 nitrogen and oxygen atoms in total. The van der Waals surface area contributed by atoms with Crippen molar-refractivity contribution in [2.75, 3.05) is 13.1 Å². The Morgan fingerprint density at radius 1 is 1.32 bits per heavy atom. The molecule has 0 aliphatic carbocycles. The van der Waals surface area contributed by atoms with E-state index >= 15 is 0 Å². The molecule has 0 saturated carbocycles. The van der Waals surface area contributed by atoms with Crippen LogP contribution in [0.5, 0.6) is 0 Å². The van der Waals surface area contributed by atoms with Crippen molar-refractivity contribution in [3.8, 4) is 0 Å². The number of pyridine rings is 1. The largest absolute Gasteiger partial charge is 0.393 e. The summed E-state index contributed by atoms with van der Waals surface area (Å²) in [5, 5.41) is 9.48. The van der Waals surface area contributed by atoms with Crippen LogP contribution in [0, 0.1) is 0 Å². The normalized spacial score (nSPS) is 17.6. The highest BCUT2D eigenvalue weighted by Gasteiger charge is 2.23. The minimum absolute atomic E-state index is 0.0125. The number of likely N-dealkylation sites (tertiary alicyclic amines) is 1. The number of nitrogens with zero attached hydrogens (tertiary/aromatic N) is 2. The number of aromatic nitrogens is 1. The number of rotatable bonds is 1. The Labute approximate surface area is 114 Å². The van der Waals surface area contributed by atoms with Gasteiger partial charge in [0.15, 0.2) is 0 Å². The van der Waals surface area contributed by atoms with Crippen LogP contribution < -0.4 is 0 Å². The minimum Gasteiger partial charge on any atom is -0.393 e. The van der Waals surface area contributed by atoms with E-state index < -0.39 is 0 Å². The number of aliphatic hydroxyl groups excluding tert-OH is 1. The van der Waals surface area contributed by atoms with Gasteiger partial charge < -0.3 is 10.0 Å². The van der Waals surface area contributed by atoms with Gasteiger partial charge in [0.05, 0.1) is 11.7 Å². The molecule has 0 radical (unpaired) electrons. The lowest BCUT2D eigenvalue weighted by molar-refractivity contribution is 0.0546. The van der Waals surface area contributed by atoms with Crippen LogP contribution in [0.15, 0.2) is 18.5 Å². The first kappa shape index (κ1) is 14.0. The third kappa shape index (κ3) is 3.32. The molecular weight excluding hydrogens is 240 g/mol. The fourth-order valence-corrected chi connectivity index (χ4v) is 2.22. The summed E-state index contributed by atoms with van der Waals surface area (Å²) in [6.07, 6.45) is 4.51. The Morgan fingerprint density at radius 2 is 1.95 bits per heavy atom. The van der Waals surface area contributed by atoms with Crippen molar-refractivity contribution >= 4 is 5.91 Å². The zero-order valence-corrected chi connectivity index (χ0v) is 11.9. The summed E-state index contributed by atoms with van der Waals surface area (Å²) in [5.41, 5.74) is 1.70. The summed E-state index contributed by atoms with van der Waals surface area (Å²) < 4.78 is 0. The Bertz CT molecular complexity index is 457. The molecule has 1 saturated heterocycles. The fraction of sp³-hybridized carbons (Fsp3) is 0.600. The topological polar surface area (TPSA) is 53.4 Å². The number of hydrogen-bond acceptors (Lipinski definition) is 3. The van der Waals surface area contributed by atoms with Gasteiger partial charge >= 0.3 is 0 Å². The first-order chi connectivity index (χ1) is 8.88. The highest BCUT2D eigenvalue weighted by atomic mass is 16.3. The molecule has 0 spiro atoms. The van der Waals surface area contributed by atoms with Gasteiger partial charge in [-0.05, 0) is 29.9 Å². The van der Waals surface area contributed by atoms with Crippen LogP contribution in [-0.4, -0.2) is 40.1 Å². The molecule has 1 N–H and O–H groups in total. The smallest absolute Gasteiger partial charge is 0.255 e. The zero-order chi connectivity index (χ0) is 14.0. The van der Waals surface area contributed by atoms with E-state index in [9.17, 15) is 9.90 Å². The van der Waals surface area contributed by atoms with Crippen LogP contribution in [0.2, 0.25) is 0 Å². The SMILES string of the molecule is CC(C)(C)c1cncc(C(=O)N2CCC(O)CC2)c1. The van der Waals surface area contributed by atoms with Crippen molar-refractivity contribution in [3.63, 3.8) is 0 Å². The summed E-state index contributed by atoms with van der Waals surface area (Å²) in [6, 6.07) is 1.93. The molecule has 1 fully saturated rings. The van der Waals surface area contributed by atoms with Crippen molar-refractivity contribution in [1.29, 1.82) is 0 Å². The van der Waals surface area contributed by atoms with Crippen LogP contribution in [-0.2, 0) is 5.41 Å². The van der Waals surface area contributed by atoms with Crippen LogP contribution in [0.4, 0.5) is 0 Å². The Balaban J connectivity index is 2.15. The van der Waals surface area contributed by atoms with Crippen molar-refractivity contribution in [3.05, 3.63) is 29.6 Å². The maximum atomic E-state index is 12.4. The van der Waals surface area contributed by atoms with E-state index in [0.29, 0.717) is 31.5 Å². The van der Waals surface area contributed by atoms with Gasteiger partial charge in [-0.2, -0.15) is 0 Å². The maximum absolute atomic E-state index is 12.4. The summed E-state index contributed by atoms with van der Waals surface area (Å²) in [5.74, 6) is 0.0190. The second kappa shape index (κ2) is 5.29. The average Bonchev–Trinajstić information content (AvgIpc) is 2.38. The quantitative estimate of drug-likeness (QED) is 0.842. The average molecular weight is 262 g/mol. The fourth-order valence-electron chi connectivity index (χ4n) is 2.22. The van der Waals surface area contributed by atoms with E-state index in [1.165, 1.54) is 0 Å². The predicted molar refractivity (Wildman–Crippen MR) is 74.1 cm³/mol. The first-order valence-electron chi connectivity index (χ1n) is 6.81. The van der Waals surface area contributed by atoms with Crippen LogP contribution in [0.1, 0.15) is 49.5 Å². The summed E-state index contributed by atoms with van der Waals surface area (Å²) in [4.78, 5) is 18.4. The molecule has 1 aliphatic heterocycles. The van der Waals surface area contributed by atoms with Gasteiger partial charge in [0, 0.05) is 25.5 Å². The van der Waals surface area contributed by atoms with Crippen molar-refractivity contribution in [1.82, 2.24) is 9.88 Å². The highest BCUT2D eigenvalue weighted by molar-refractivity contribution is 5.94. The molecule has 0 atom stereocenters. The first-order valence-corrected chi connectivity index (χ1v) is 6.81. The second-order valence-corrected chi connectivity index (χ2v) is 6.24. The summed E-state index contributed by atoms with van der Waals surface area (Å²) in [6.45, 7) is 7.57. The van der Waals surface area contributed by atoms with Gasteiger partial charge in [-0.3, -0.25) is 9.78 Å². The number of hydrogen-bond donors (Lipinski definition) is 1. The molecular formula is C15H22N2O2. The molecule has 1 aromatic heterocycles. The molecule has 2 rings (SSSR count). The lowest BCUT2D eigenvalue weighted by Crippen LogP contribution is -2.40. The molecule has 0 aromatic carbocycles. The Hall–Kier alpha value is -1.42. The van der Waals surface area contributed by atoms with Gasteiger partial charge in [-0.15, -0.1) is 0 Å². The van der Waals surface area contributed by atoms with E-state index in [4.69, 9.17) is 0 Å². The number of piperidine rings is 1. The van der Waals surface area contributed by atoms with E-state index in [2.05, 4.69) is 25.8 Å². The maximum Gasteiger partial charge on any atom is 0.255 e. The molecule has 0 unspecified atom stereocenters. The number of aliphatic hydroxyl groups is 1. The molecule has 4 heteroatoms. The summed E-state index contributed by atoms with van der Waals surface area (Å²) >= 11 is 0. The zero-order valence-electron chi connectivity index (χ0n) is 11.9. The molecule has 1 aromatic rings. The van der Waals surface area contributed by atoms with Crippen molar-refractivity contribution in [2.24, 2.45) is 0 Å². The van der Waals surface area contributed by atoms with Crippen LogP contribution in [0.3, 0.4) is 0 Å². The third-order valence-electron chi connectivity index (χ3n) is 3.60. The van der Waals surface area contributed by atoms with E-state index in [1.54, 1.807) is 11.1 Å². The third-order valence-corrected chi connectivity index (χ3v) is 3.60. The van der Waals surface area contributed by atoms with Gasteiger partial charge in [0.1, 0.15) is 0 Å². The van der Waals surface area contributed by atoms with E-state index in [-0.39, 0.29) is 17.4 Å². The van der Waals surface area contributed by atoms with Gasteiger partial charge in [0.2, 0.25) is 0 Å². The Kier molecular flexibility index (Phi) is 3.90. The van der Waals surface area contributed by atoms with Crippen molar-refractivity contribution < 1.29 is 9.90 Å². The predicted octanol–water partition coefficient (Wildman–Crippen LogP) is 1.98. The number of carbonyl (C=O) groups is 1. The van der Waals surface area contributed by atoms with Crippen LogP contribution in [0.25, 0.3) is 0 Å². The van der Waals surface area contributed by atoms with Crippen molar-refractivity contribution in [2.45, 2.75) is 45.1 Å². The number of carbonyl (C=O) groups excluding carboxylic acids is 1. The minimum atomic E-state index is -0.261.